The molecule has 41 heavy (non-hydrogen) atoms. The number of esters is 1. The number of carbonyl (C=O) groups excluding carboxylic acids is 1. The van der Waals surface area contributed by atoms with Crippen LogP contribution in [0.25, 0.3) is 22.7 Å². The lowest BCUT2D eigenvalue weighted by atomic mass is 10.00. The summed E-state index contributed by atoms with van der Waals surface area (Å²) in [7, 11) is 1.36. The lowest BCUT2D eigenvalue weighted by Gasteiger charge is -2.37. The monoisotopic (exact) mass is 594 g/mol. The smallest absolute Gasteiger partial charge is 0.337 e. The van der Waals surface area contributed by atoms with E-state index in [-0.39, 0.29) is 24.2 Å². The van der Waals surface area contributed by atoms with Crippen molar-refractivity contribution >= 4 is 35.2 Å². The molecule has 4 heterocycles. The molecule has 2 aliphatic heterocycles. The molecule has 2 saturated heterocycles. The molecule has 0 amide bonds. The summed E-state index contributed by atoms with van der Waals surface area (Å²) in [5.41, 5.74) is 3.51. The van der Waals surface area contributed by atoms with E-state index in [0.717, 1.165) is 55.4 Å². The van der Waals surface area contributed by atoms with Crippen LogP contribution in [-0.4, -0.2) is 46.6 Å². The number of hydrogen-bond donors (Lipinski definition) is 0. The summed E-state index contributed by atoms with van der Waals surface area (Å²) >= 11 is 13.1. The van der Waals surface area contributed by atoms with Crippen molar-refractivity contribution in [3.05, 3.63) is 69.4 Å². The Balaban J connectivity index is 1.05. The number of anilines is 1. The van der Waals surface area contributed by atoms with E-state index < -0.39 is 0 Å². The number of methoxy groups -OCH3 is 1. The van der Waals surface area contributed by atoms with Crippen molar-refractivity contribution in [2.75, 3.05) is 12.0 Å². The second kappa shape index (κ2) is 10.8. The molecule has 0 radical (unpaired) electrons. The number of aromatic nitrogens is 3. The predicted octanol–water partition coefficient (Wildman–Crippen LogP) is 7.08. The van der Waals surface area contributed by atoms with Crippen molar-refractivity contribution in [2.45, 2.75) is 69.2 Å². The van der Waals surface area contributed by atoms with E-state index in [9.17, 15) is 4.79 Å². The molecule has 1 unspecified atom stereocenters. The van der Waals surface area contributed by atoms with Crippen LogP contribution in [0.15, 0.2) is 51.4 Å². The van der Waals surface area contributed by atoms with Crippen LogP contribution in [0, 0.1) is 0 Å². The Morgan fingerprint density at radius 3 is 2.37 bits per heavy atom. The quantitative estimate of drug-likeness (QED) is 0.198. The summed E-state index contributed by atoms with van der Waals surface area (Å²) in [6.07, 6.45) is 6.04. The van der Waals surface area contributed by atoms with Gasteiger partial charge in [0.25, 0.3) is 0 Å². The summed E-state index contributed by atoms with van der Waals surface area (Å²) in [4.78, 5) is 14.0. The van der Waals surface area contributed by atoms with Crippen molar-refractivity contribution in [3.63, 3.8) is 0 Å². The number of benzene rings is 2. The highest BCUT2D eigenvalue weighted by molar-refractivity contribution is 6.39. The molecule has 7 rings (SSSR count). The van der Waals surface area contributed by atoms with E-state index >= 15 is 0 Å². The van der Waals surface area contributed by atoms with Gasteiger partial charge in [-0.05, 0) is 74.9 Å². The van der Waals surface area contributed by atoms with Crippen molar-refractivity contribution in [3.8, 4) is 22.7 Å². The van der Waals surface area contributed by atoms with Crippen LogP contribution in [0.1, 0.15) is 66.1 Å². The fourth-order valence-electron chi connectivity index (χ4n) is 6.13. The SMILES string of the molecule is COC(=O)c1ccc(-c2nnc(N3[C@@H]4CC[C@H]3CC(OCc3c(-c5c(Cl)cccc5Cl)noc3C3CC3)C4)o2)cc1. The normalized spacial score (nSPS) is 21.8. The number of fused-ring (bicyclic) bond motifs is 2. The van der Waals surface area contributed by atoms with Crippen LogP contribution < -0.4 is 4.90 Å². The molecular formula is C30H28Cl2N4O5. The molecular weight excluding hydrogens is 567 g/mol. The van der Waals surface area contributed by atoms with Gasteiger partial charge in [0.2, 0.25) is 5.89 Å². The van der Waals surface area contributed by atoms with Gasteiger partial charge >= 0.3 is 12.0 Å². The van der Waals surface area contributed by atoms with Gasteiger partial charge in [-0.1, -0.05) is 39.5 Å². The third-order valence-electron chi connectivity index (χ3n) is 8.31. The lowest BCUT2D eigenvalue weighted by Crippen LogP contribution is -2.45. The van der Waals surface area contributed by atoms with Crippen LogP contribution in [0.4, 0.5) is 6.01 Å². The molecule has 1 saturated carbocycles. The largest absolute Gasteiger partial charge is 0.465 e. The van der Waals surface area contributed by atoms with Gasteiger partial charge in [0.05, 0.1) is 35.4 Å². The standard InChI is InChI=1S/C30H28Cl2N4O5/c1-38-29(37)18-9-7-17(8-10-18)28-33-34-30(40-28)36-19-11-12-20(36)14-21(13-19)39-15-22-26(35-41-27(22)16-5-6-16)25-23(31)3-2-4-24(25)32/h2-4,7-10,16,19-21H,5-6,11-15H2,1H3/t19-,20+,21?. The van der Waals surface area contributed by atoms with Gasteiger partial charge in [-0.3, -0.25) is 0 Å². The summed E-state index contributed by atoms with van der Waals surface area (Å²) in [5.74, 6) is 1.29. The minimum Gasteiger partial charge on any atom is -0.465 e. The molecule has 11 heteroatoms. The van der Waals surface area contributed by atoms with Gasteiger partial charge < -0.3 is 23.3 Å². The number of piperidine rings is 1. The summed E-state index contributed by atoms with van der Waals surface area (Å²) < 4.78 is 23.2. The van der Waals surface area contributed by atoms with Gasteiger partial charge in [0.15, 0.2) is 0 Å². The highest BCUT2D eigenvalue weighted by atomic mass is 35.5. The second-order valence-electron chi connectivity index (χ2n) is 10.9. The number of halogens is 2. The van der Waals surface area contributed by atoms with E-state index in [1.165, 1.54) is 7.11 Å². The molecule has 9 nitrogen and oxygen atoms in total. The Hall–Kier alpha value is -3.40. The van der Waals surface area contributed by atoms with Crippen LogP contribution in [-0.2, 0) is 16.1 Å². The minimum atomic E-state index is -0.388. The molecule has 4 aromatic rings. The first-order chi connectivity index (χ1) is 20.0. The summed E-state index contributed by atoms with van der Waals surface area (Å²) in [6, 6.07) is 13.4. The van der Waals surface area contributed by atoms with E-state index in [1.807, 2.05) is 18.2 Å². The fourth-order valence-corrected chi connectivity index (χ4v) is 6.70. The number of rotatable bonds is 8. The van der Waals surface area contributed by atoms with E-state index in [4.69, 9.17) is 41.6 Å². The first kappa shape index (κ1) is 26.5. The molecule has 1 aliphatic carbocycles. The maximum atomic E-state index is 11.7. The van der Waals surface area contributed by atoms with Gasteiger partial charge in [-0.15, -0.1) is 5.10 Å². The molecule has 3 atom stereocenters. The number of ether oxygens (including phenoxy) is 2. The first-order valence-electron chi connectivity index (χ1n) is 13.8. The molecule has 2 bridgehead atoms. The Morgan fingerprint density at radius 2 is 1.71 bits per heavy atom. The molecule has 3 aliphatic rings. The van der Waals surface area contributed by atoms with E-state index in [0.29, 0.717) is 51.3 Å². The average molecular weight is 595 g/mol. The zero-order valence-electron chi connectivity index (χ0n) is 22.4. The summed E-state index contributed by atoms with van der Waals surface area (Å²) in [5, 5.41) is 14.1. The third kappa shape index (κ3) is 5.00. The maximum Gasteiger partial charge on any atom is 0.337 e. The Kier molecular flexibility index (Phi) is 6.97. The topological polar surface area (TPSA) is 104 Å². The second-order valence-corrected chi connectivity index (χ2v) is 11.7. The number of hydrogen-bond acceptors (Lipinski definition) is 9. The fraction of sp³-hybridized carbons (Fsp3) is 0.400. The van der Waals surface area contributed by atoms with Crippen LogP contribution >= 0.6 is 23.2 Å². The molecule has 2 aromatic carbocycles. The molecule has 3 fully saturated rings. The Morgan fingerprint density at radius 1 is 1.00 bits per heavy atom. The van der Waals surface area contributed by atoms with Crippen molar-refractivity contribution < 1.29 is 23.2 Å². The van der Waals surface area contributed by atoms with Crippen molar-refractivity contribution in [1.82, 2.24) is 15.4 Å². The van der Waals surface area contributed by atoms with Crippen molar-refractivity contribution in [1.29, 1.82) is 0 Å². The highest BCUT2D eigenvalue weighted by Gasteiger charge is 2.44. The maximum absolute atomic E-state index is 11.7. The molecule has 2 aromatic heterocycles. The van der Waals surface area contributed by atoms with Gasteiger partial charge in [0, 0.05) is 34.7 Å². The predicted molar refractivity (Wildman–Crippen MR) is 152 cm³/mol. The Bertz CT molecular complexity index is 1550. The molecule has 212 valence electrons. The van der Waals surface area contributed by atoms with Crippen LogP contribution in [0.5, 0.6) is 0 Å². The zero-order valence-corrected chi connectivity index (χ0v) is 23.9. The molecule has 0 spiro atoms. The number of nitrogens with zero attached hydrogens (tertiary/aromatic N) is 4. The van der Waals surface area contributed by atoms with Crippen LogP contribution in [0.3, 0.4) is 0 Å². The molecule has 0 N–H and O–H groups in total. The highest BCUT2D eigenvalue weighted by Crippen LogP contribution is 2.47. The van der Waals surface area contributed by atoms with E-state index in [1.54, 1.807) is 24.3 Å². The van der Waals surface area contributed by atoms with Gasteiger partial charge in [-0.25, -0.2) is 4.79 Å². The van der Waals surface area contributed by atoms with E-state index in [2.05, 4.69) is 20.3 Å². The summed E-state index contributed by atoms with van der Waals surface area (Å²) in [6.45, 7) is 0.391. The van der Waals surface area contributed by atoms with Gasteiger partial charge in [-0.2, -0.15) is 0 Å². The average Bonchev–Trinajstić information content (AvgIpc) is 3.45. The van der Waals surface area contributed by atoms with Crippen LogP contribution in [0.2, 0.25) is 10.0 Å². The lowest BCUT2D eigenvalue weighted by molar-refractivity contribution is 0.0139. The third-order valence-corrected chi connectivity index (χ3v) is 8.94. The minimum absolute atomic E-state index is 0.0773. The first-order valence-corrected chi connectivity index (χ1v) is 14.6. The van der Waals surface area contributed by atoms with Crippen molar-refractivity contribution in [2.24, 2.45) is 0 Å². The van der Waals surface area contributed by atoms with Gasteiger partial charge in [0.1, 0.15) is 11.5 Å². The Labute approximate surface area is 246 Å². The number of carbonyl (C=O) groups is 1. The zero-order chi connectivity index (χ0) is 28.1.